The number of carbonyl (C=O) groups excluding carboxylic acids is 1. The standard InChI is InChI=1S/C16H15NO4/c1-11-7-3-5-9-13(11)17(21-16(20)15(18)19)14-10-6-4-8-12(14)2/h3-10H,1-2H3,(H,18,19). The summed E-state index contributed by atoms with van der Waals surface area (Å²) < 4.78 is 0. The highest BCUT2D eigenvalue weighted by Gasteiger charge is 2.22. The Morgan fingerprint density at radius 3 is 1.71 bits per heavy atom. The average molecular weight is 285 g/mol. The van der Waals surface area contributed by atoms with Crippen LogP contribution in [0.4, 0.5) is 11.4 Å². The Bertz CT molecular complexity index is 636. The number of carboxylic acids is 1. The summed E-state index contributed by atoms with van der Waals surface area (Å²) in [4.78, 5) is 27.3. The van der Waals surface area contributed by atoms with Gasteiger partial charge < -0.3 is 9.94 Å². The molecule has 5 nitrogen and oxygen atoms in total. The molecule has 0 saturated carbocycles. The second kappa shape index (κ2) is 6.09. The lowest BCUT2D eigenvalue weighted by atomic mass is 10.1. The molecule has 0 amide bonds. The summed E-state index contributed by atoms with van der Waals surface area (Å²) >= 11 is 0. The Labute approximate surface area is 122 Å². The molecule has 2 rings (SSSR count). The molecule has 0 saturated heterocycles. The number of carbonyl (C=O) groups is 2. The summed E-state index contributed by atoms with van der Waals surface area (Å²) in [6, 6.07) is 14.5. The van der Waals surface area contributed by atoms with Crippen LogP contribution in [0.1, 0.15) is 11.1 Å². The second-order valence-electron chi connectivity index (χ2n) is 4.55. The van der Waals surface area contributed by atoms with Crippen LogP contribution in [0.15, 0.2) is 48.5 Å². The Morgan fingerprint density at radius 2 is 1.33 bits per heavy atom. The Morgan fingerprint density at radius 1 is 0.905 bits per heavy atom. The van der Waals surface area contributed by atoms with Crippen LogP contribution in [-0.2, 0) is 14.4 Å². The first kappa shape index (κ1) is 14.6. The Kier molecular flexibility index (Phi) is 4.23. The third-order valence-corrected chi connectivity index (χ3v) is 3.02. The van der Waals surface area contributed by atoms with Crippen molar-refractivity contribution in [2.24, 2.45) is 0 Å². The van der Waals surface area contributed by atoms with E-state index in [0.29, 0.717) is 11.4 Å². The molecule has 108 valence electrons. The number of hydrogen-bond acceptors (Lipinski definition) is 4. The minimum absolute atomic E-state index is 0.612. The zero-order valence-corrected chi connectivity index (χ0v) is 11.7. The molecular formula is C16H15NO4. The van der Waals surface area contributed by atoms with Crippen LogP contribution in [0.5, 0.6) is 0 Å². The van der Waals surface area contributed by atoms with Gasteiger partial charge in [-0.2, -0.15) is 5.06 Å². The molecule has 1 N–H and O–H groups in total. The van der Waals surface area contributed by atoms with E-state index in [2.05, 4.69) is 0 Å². The molecule has 0 bridgehead atoms. The van der Waals surface area contributed by atoms with E-state index in [0.717, 1.165) is 11.1 Å². The van der Waals surface area contributed by atoms with Crippen LogP contribution in [0.25, 0.3) is 0 Å². The predicted octanol–water partition coefficient (Wildman–Crippen LogP) is 2.98. The zero-order valence-electron chi connectivity index (χ0n) is 11.7. The van der Waals surface area contributed by atoms with Crippen LogP contribution in [-0.4, -0.2) is 17.0 Å². The third-order valence-electron chi connectivity index (χ3n) is 3.02. The number of aliphatic carboxylic acids is 1. The number of rotatable bonds is 3. The highest BCUT2D eigenvalue weighted by atomic mass is 16.7. The van der Waals surface area contributed by atoms with Crippen molar-refractivity contribution < 1.29 is 19.5 Å². The number of anilines is 2. The summed E-state index contributed by atoms with van der Waals surface area (Å²) in [5.41, 5.74) is 2.95. The van der Waals surface area contributed by atoms with Gasteiger partial charge in [0, 0.05) is 0 Å². The highest BCUT2D eigenvalue weighted by Crippen LogP contribution is 2.30. The number of benzene rings is 2. The van der Waals surface area contributed by atoms with Crippen LogP contribution in [0.2, 0.25) is 0 Å². The molecule has 0 aliphatic carbocycles. The minimum atomic E-state index is -1.64. The van der Waals surface area contributed by atoms with Crippen LogP contribution < -0.4 is 5.06 Å². The van der Waals surface area contributed by atoms with E-state index >= 15 is 0 Å². The number of carboxylic acid groups (broad SMARTS) is 1. The van der Waals surface area contributed by atoms with Crippen LogP contribution >= 0.6 is 0 Å². The summed E-state index contributed by atoms with van der Waals surface area (Å²) in [6.45, 7) is 3.71. The quantitative estimate of drug-likeness (QED) is 0.693. The van der Waals surface area contributed by atoms with Gasteiger partial charge in [0.15, 0.2) is 0 Å². The maximum absolute atomic E-state index is 11.5. The maximum Gasteiger partial charge on any atom is 0.441 e. The lowest BCUT2D eigenvalue weighted by Crippen LogP contribution is -2.28. The predicted molar refractivity (Wildman–Crippen MR) is 78.2 cm³/mol. The monoisotopic (exact) mass is 285 g/mol. The molecule has 0 aliphatic rings. The van der Waals surface area contributed by atoms with Gasteiger partial charge in [0.25, 0.3) is 0 Å². The first-order chi connectivity index (χ1) is 10.0. The van der Waals surface area contributed by atoms with Crippen LogP contribution in [0.3, 0.4) is 0 Å². The molecule has 0 atom stereocenters. The molecule has 0 fully saturated rings. The van der Waals surface area contributed by atoms with Crippen molar-refractivity contribution in [2.45, 2.75) is 13.8 Å². The van der Waals surface area contributed by atoms with E-state index in [-0.39, 0.29) is 0 Å². The number of para-hydroxylation sites is 2. The van der Waals surface area contributed by atoms with E-state index in [1.54, 1.807) is 24.3 Å². The highest BCUT2D eigenvalue weighted by molar-refractivity contribution is 6.28. The van der Waals surface area contributed by atoms with Crippen molar-refractivity contribution in [2.75, 3.05) is 5.06 Å². The normalized spacial score (nSPS) is 10.0. The lowest BCUT2D eigenvalue weighted by molar-refractivity contribution is -0.164. The fourth-order valence-electron chi connectivity index (χ4n) is 1.93. The van der Waals surface area contributed by atoms with Crippen molar-refractivity contribution in [1.29, 1.82) is 0 Å². The van der Waals surface area contributed by atoms with Crippen molar-refractivity contribution in [1.82, 2.24) is 0 Å². The number of nitrogens with zero attached hydrogens (tertiary/aromatic N) is 1. The van der Waals surface area contributed by atoms with Gasteiger partial charge in [-0.25, -0.2) is 9.59 Å². The fraction of sp³-hybridized carbons (Fsp3) is 0.125. The van der Waals surface area contributed by atoms with Crippen molar-refractivity contribution in [3.63, 3.8) is 0 Å². The summed E-state index contributed by atoms with van der Waals surface area (Å²) in [5.74, 6) is -2.97. The van der Waals surface area contributed by atoms with Gasteiger partial charge in [-0.3, -0.25) is 0 Å². The zero-order chi connectivity index (χ0) is 15.4. The van der Waals surface area contributed by atoms with Gasteiger partial charge in [0.05, 0.1) is 11.4 Å². The van der Waals surface area contributed by atoms with Gasteiger partial charge in [0.1, 0.15) is 0 Å². The molecule has 0 unspecified atom stereocenters. The van der Waals surface area contributed by atoms with Crippen molar-refractivity contribution in [3.8, 4) is 0 Å². The summed E-state index contributed by atoms with van der Waals surface area (Å²) in [6.07, 6.45) is 0. The maximum atomic E-state index is 11.5. The van der Waals surface area contributed by atoms with Crippen LogP contribution in [0, 0.1) is 13.8 Å². The fourth-order valence-corrected chi connectivity index (χ4v) is 1.93. The summed E-state index contributed by atoms with van der Waals surface area (Å²) in [5, 5.41) is 10.0. The Hall–Kier alpha value is -2.82. The first-order valence-electron chi connectivity index (χ1n) is 6.37. The molecule has 0 radical (unpaired) electrons. The molecule has 2 aromatic carbocycles. The smallest absolute Gasteiger partial charge is 0.441 e. The number of aryl methyl sites for hydroxylation is 2. The van der Waals surface area contributed by atoms with Gasteiger partial charge in [-0.1, -0.05) is 36.4 Å². The van der Waals surface area contributed by atoms with E-state index in [1.165, 1.54) is 5.06 Å². The van der Waals surface area contributed by atoms with Gasteiger partial charge >= 0.3 is 11.9 Å². The molecule has 0 spiro atoms. The first-order valence-corrected chi connectivity index (χ1v) is 6.37. The van der Waals surface area contributed by atoms with Crippen molar-refractivity contribution >= 4 is 23.3 Å². The summed E-state index contributed by atoms with van der Waals surface area (Å²) in [7, 11) is 0. The average Bonchev–Trinajstić information content (AvgIpc) is 2.46. The van der Waals surface area contributed by atoms with Gasteiger partial charge in [-0.05, 0) is 37.1 Å². The van der Waals surface area contributed by atoms with Crippen molar-refractivity contribution in [3.05, 3.63) is 59.7 Å². The largest absolute Gasteiger partial charge is 0.473 e. The van der Waals surface area contributed by atoms with E-state index in [1.807, 2.05) is 38.1 Å². The van der Waals surface area contributed by atoms with E-state index in [4.69, 9.17) is 9.94 Å². The topological polar surface area (TPSA) is 66.8 Å². The molecule has 0 aliphatic heterocycles. The SMILES string of the molecule is Cc1ccccc1N(OC(=O)C(=O)O)c1ccccc1C. The minimum Gasteiger partial charge on any atom is -0.473 e. The van der Waals surface area contributed by atoms with E-state index < -0.39 is 11.9 Å². The molecule has 5 heteroatoms. The van der Waals surface area contributed by atoms with Gasteiger partial charge in [0.2, 0.25) is 0 Å². The molecule has 2 aromatic rings. The molecular weight excluding hydrogens is 270 g/mol. The lowest BCUT2D eigenvalue weighted by Gasteiger charge is -2.25. The molecule has 0 aromatic heterocycles. The van der Waals surface area contributed by atoms with E-state index in [9.17, 15) is 9.59 Å². The van der Waals surface area contributed by atoms with Gasteiger partial charge in [-0.15, -0.1) is 0 Å². The Balaban J connectivity index is 2.50. The third kappa shape index (κ3) is 3.20. The number of hydrogen-bond donors (Lipinski definition) is 1. The second-order valence-corrected chi connectivity index (χ2v) is 4.55. The molecule has 21 heavy (non-hydrogen) atoms. The molecule has 0 heterocycles.